The third kappa shape index (κ3) is 4.82. The number of nitrogens with one attached hydrogen (secondary N) is 1. The van der Waals surface area contributed by atoms with E-state index in [4.69, 9.17) is 9.47 Å². The fourth-order valence-electron chi connectivity index (χ4n) is 5.36. The summed E-state index contributed by atoms with van der Waals surface area (Å²) in [6.07, 6.45) is -0.849. The zero-order valence-electron chi connectivity index (χ0n) is 19.5. The maximum atomic E-state index is 12.6. The molecule has 0 amide bonds. The van der Waals surface area contributed by atoms with E-state index < -0.39 is 6.36 Å². The number of hydrogen-bond acceptors (Lipinski definition) is 4. The van der Waals surface area contributed by atoms with Gasteiger partial charge in [0.2, 0.25) is 0 Å². The average Bonchev–Trinajstić information content (AvgIpc) is 2.82. The summed E-state index contributed by atoms with van der Waals surface area (Å²) in [6.45, 7) is 1.25. The second-order valence-electron chi connectivity index (χ2n) is 9.20. The molecule has 7 heteroatoms. The molecule has 1 saturated carbocycles. The van der Waals surface area contributed by atoms with Crippen molar-refractivity contribution < 1.29 is 27.4 Å². The molecular weight excluding hydrogens is 455 g/mol. The van der Waals surface area contributed by atoms with Crippen LogP contribution in [0, 0.1) is 0 Å². The van der Waals surface area contributed by atoms with Crippen LogP contribution in [0.4, 0.5) is 13.2 Å². The van der Waals surface area contributed by atoms with Gasteiger partial charge in [0, 0.05) is 11.5 Å². The Morgan fingerprint density at radius 3 is 2.34 bits per heavy atom. The van der Waals surface area contributed by atoms with Crippen LogP contribution in [0.2, 0.25) is 0 Å². The van der Waals surface area contributed by atoms with Gasteiger partial charge in [-0.05, 0) is 72.3 Å². The van der Waals surface area contributed by atoms with Crippen LogP contribution in [0.5, 0.6) is 17.2 Å². The lowest BCUT2D eigenvalue weighted by atomic mass is 9.58. The summed E-state index contributed by atoms with van der Waals surface area (Å²) in [7, 11) is 1.65. The summed E-state index contributed by atoms with van der Waals surface area (Å²) in [5, 5.41) is 3.70. The molecule has 2 aliphatic rings. The van der Waals surface area contributed by atoms with Gasteiger partial charge in [0.15, 0.2) is 11.5 Å². The molecule has 1 N–H and O–H groups in total. The number of methoxy groups -OCH3 is 1. The van der Waals surface area contributed by atoms with Crippen molar-refractivity contribution >= 4 is 0 Å². The zero-order valence-corrected chi connectivity index (χ0v) is 19.5. The summed E-state index contributed by atoms with van der Waals surface area (Å²) in [5.74, 6) is 1.19. The lowest BCUT2D eigenvalue weighted by Crippen LogP contribution is -2.49. The molecule has 0 saturated heterocycles. The first-order chi connectivity index (χ1) is 16.9. The van der Waals surface area contributed by atoms with Gasteiger partial charge < -0.3 is 19.5 Å². The molecule has 4 nitrogen and oxygen atoms in total. The van der Waals surface area contributed by atoms with E-state index in [0.29, 0.717) is 18.1 Å². The van der Waals surface area contributed by atoms with Crippen LogP contribution >= 0.6 is 0 Å². The van der Waals surface area contributed by atoms with Gasteiger partial charge in [-0.3, -0.25) is 0 Å². The Hall–Kier alpha value is -3.19. The van der Waals surface area contributed by atoms with E-state index in [-0.39, 0.29) is 17.2 Å². The van der Waals surface area contributed by atoms with E-state index in [0.717, 1.165) is 48.9 Å². The van der Waals surface area contributed by atoms with Crippen LogP contribution in [-0.4, -0.2) is 20.0 Å². The van der Waals surface area contributed by atoms with Gasteiger partial charge in [0.05, 0.1) is 7.11 Å². The minimum absolute atomic E-state index is 0.0272. The van der Waals surface area contributed by atoms with Crippen molar-refractivity contribution in [2.24, 2.45) is 0 Å². The number of ether oxygens (including phenoxy) is 3. The van der Waals surface area contributed by atoms with Gasteiger partial charge in [-0.1, -0.05) is 48.9 Å². The monoisotopic (exact) mass is 483 g/mol. The number of alkyl halides is 3. The van der Waals surface area contributed by atoms with Gasteiger partial charge in [0.25, 0.3) is 0 Å². The molecule has 3 aromatic rings. The second-order valence-corrected chi connectivity index (χ2v) is 9.20. The molecule has 0 radical (unpaired) electrons. The van der Waals surface area contributed by atoms with Crippen molar-refractivity contribution in [2.75, 3.05) is 13.7 Å². The van der Waals surface area contributed by atoms with Gasteiger partial charge in [-0.2, -0.15) is 0 Å². The topological polar surface area (TPSA) is 39.7 Å². The number of halogens is 3. The molecule has 0 bridgehead atoms. The van der Waals surface area contributed by atoms with Crippen molar-refractivity contribution in [2.45, 2.75) is 50.1 Å². The first-order valence-corrected chi connectivity index (χ1v) is 11.9. The standard InChI is InChI=1S/C28H28F3NO3/c1-33-24-16-20-12-15-32-26(23(20)17-25(24)34-18-19-6-3-2-4-7-19)27(13-5-14-27)21-8-10-22(11-9-21)35-28(29,30)31/h2-4,6-11,16-17,26,32H,5,12-15,18H2,1H3. The van der Waals surface area contributed by atoms with Crippen molar-refractivity contribution in [1.82, 2.24) is 5.32 Å². The zero-order chi connectivity index (χ0) is 24.5. The van der Waals surface area contributed by atoms with E-state index >= 15 is 0 Å². The Kier molecular flexibility index (Phi) is 6.36. The molecule has 1 fully saturated rings. The van der Waals surface area contributed by atoms with Gasteiger partial charge >= 0.3 is 6.36 Å². The predicted octanol–water partition coefficient (Wildman–Crippen LogP) is 6.48. The van der Waals surface area contributed by atoms with Gasteiger partial charge in [-0.15, -0.1) is 13.2 Å². The van der Waals surface area contributed by atoms with Gasteiger partial charge in [-0.25, -0.2) is 0 Å². The van der Waals surface area contributed by atoms with E-state index in [1.54, 1.807) is 19.2 Å². The fourth-order valence-corrected chi connectivity index (χ4v) is 5.36. The quantitative estimate of drug-likeness (QED) is 0.418. The molecule has 1 atom stereocenters. The molecule has 5 rings (SSSR count). The highest BCUT2D eigenvalue weighted by Crippen LogP contribution is 2.54. The second kappa shape index (κ2) is 9.46. The highest BCUT2D eigenvalue weighted by Gasteiger charge is 2.47. The number of fused-ring (bicyclic) bond motifs is 1. The summed E-state index contributed by atoms with van der Waals surface area (Å²) < 4.78 is 53.8. The summed E-state index contributed by atoms with van der Waals surface area (Å²) in [4.78, 5) is 0. The number of benzene rings is 3. The Labute approximate surface area is 203 Å². The minimum atomic E-state index is -4.70. The maximum absolute atomic E-state index is 12.6. The van der Waals surface area contributed by atoms with Crippen molar-refractivity contribution in [3.63, 3.8) is 0 Å². The van der Waals surface area contributed by atoms with Crippen molar-refractivity contribution in [3.8, 4) is 17.2 Å². The molecule has 35 heavy (non-hydrogen) atoms. The lowest BCUT2D eigenvalue weighted by Gasteiger charge is -2.50. The van der Waals surface area contributed by atoms with Crippen molar-refractivity contribution in [3.05, 3.63) is 89.0 Å². The molecule has 1 aliphatic carbocycles. The van der Waals surface area contributed by atoms with E-state index in [2.05, 4.69) is 22.2 Å². The molecule has 0 aromatic heterocycles. The molecule has 0 spiro atoms. The van der Waals surface area contributed by atoms with Crippen LogP contribution in [-0.2, 0) is 18.4 Å². The average molecular weight is 484 g/mol. The molecule has 1 heterocycles. The Balaban J connectivity index is 1.46. The Morgan fingerprint density at radius 1 is 0.971 bits per heavy atom. The smallest absolute Gasteiger partial charge is 0.493 e. The van der Waals surface area contributed by atoms with E-state index in [9.17, 15) is 13.2 Å². The van der Waals surface area contributed by atoms with Crippen LogP contribution in [0.3, 0.4) is 0 Å². The van der Waals surface area contributed by atoms with Crippen LogP contribution in [0.15, 0.2) is 66.7 Å². The fraction of sp³-hybridized carbons (Fsp3) is 0.357. The Morgan fingerprint density at radius 2 is 1.71 bits per heavy atom. The normalized spacial score (nSPS) is 18.8. The predicted molar refractivity (Wildman–Crippen MR) is 127 cm³/mol. The molecule has 1 aliphatic heterocycles. The minimum Gasteiger partial charge on any atom is -0.493 e. The first-order valence-electron chi connectivity index (χ1n) is 11.9. The highest BCUT2D eigenvalue weighted by molar-refractivity contribution is 5.52. The molecule has 1 unspecified atom stereocenters. The Bertz CT molecular complexity index is 1160. The molecular formula is C28H28F3NO3. The van der Waals surface area contributed by atoms with E-state index in [1.807, 2.05) is 30.3 Å². The third-order valence-corrected chi connectivity index (χ3v) is 7.18. The highest BCUT2D eigenvalue weighted by atomic mass is 19.4. The van der Waals surface area contributed by atoms with Crippen molar-refractivity contribution in [1.29, 1.82) is 0 Å². The van der Waals surface area contributed by atoms with Gasteiger partial charge in [0.1, 0.15) is 12.4 Å². The SMILES string of the molecule is COc1cc2c(cc1OCc1ccccc1)C(C1(c3ccc(OC(F)(F)F)cc3)CCC1)NCC2. The lowest BCUT2D eigenvalue weighted by molar-refractivity contribution is -0.274. The largest absolute Gasteiger partial charge is 0.573 e. The van der Waals surface area contributed by atoms with E-state index in [1.165, 1.54) is 17.7 Å². The summed E-state index contributed by atoms with van der Waals surface area (Å²) in [5.41, 5.74) is 4.26. The molecule has 3 aromatic carbocycles. The third-order valence-electron chi connectivity index (χ3n) is 7.18. The number of rotatable bonds is 7. The maximum Gasteiger partial charge on any atom is 0.573 e. The first kappa shape index (κ1) is 23.5. The molecule has 184 valence electrons. The van der Waals surface area contributed by atoms with Crippen LogP contribution in [0.25, 0.3) is 0 Å². The summed E-state index contributed by atoms with van der Waals surface area (Å²) in [6, 6.07) is 20.5. The number of hydrogen-bond donors (Lipinski definition) is 1. The van der Waals surface area contributed by atoms with Crippen LogP contribution in [0.1, 0.15) is 47.6 Å². The summed E-state index contributed by atoms with van der Waals surface area (Å²) >= 11 is 0. The van der Waals surface area contributed by atoms with Crippen LogP contribution < -0.4 is 19.5 Å².